The van der Waals surface area contributed by atoms with Crippen LogP contribution in [0.25, 0.3) is 10.8 Å². The first-order chi connectivity index (χ1) is 10.8. The Kier molecular flexibility index (Phi) is 6.49. The molecular weight excluding hydrogens is 304 g/mol. The van der Waals surface area contributed by atoms with Gasteiger partial charge in [0.05, 0.1) is 12.0 Å². The van der Waals surface area contributed by atoms with Crippen LogP contribution >= 0.6 is 0 Å². The van der Waals surface area contributed by atoms with Gasteiger partial charge < -0.3 is 21.4 Å². The highest BCUT2D eigenvalue weighted by Gasteiger charge is 2.20. The molecule has 0 radical (unpaired) electrons. The number of rotatable bonds is 5. The zero-order valence-electron chi connectivity index (χ0n) is 14.8. The van der Waals surface area contributed by atoms with Gasteiger partial charge in [-0.2, -0.15) is 0 Å². The van der Waals surface area contributed by atoms with Crippen molar-refractivity contribution in [2.75, 3.05) is 0 Å². The van der Waals surface area contributed by atoms with Crippen molar-refractivity contribution in [3.05, 3.63) is 48.0 Å². The maximum absolute atomic E-state index is 12.0. The Bertz CT molecular complexity index is 715. The molecule has 0 aliphatic heterocycles. The lowest BCUT2D eigenvalue weighted by Gasteiger charge is -2.23. The monoisotopic (exact) mass is 330 g/mol. The molecule has 1 amide bonds. The van der Waals surface area contributed by atoms with E-state index in [1.165, 1.54) is 0 Å². The van der Waals surface area contributed by atoms with Gasteiger partial charge in [-0.15, -0.1) is 0 Å². The summed E-state index contributed by atoms with van der Waals surface area (Å²) in [6.07, 6.45) is 0.478. The zero-order chi connectivity index (χ0) is 17.0. The quantitative estimate of drug-likeness (QED) is 0.879. The smallest absolute Gasteiger partial charge is 0.221 e. The summed E-state index contributed by atoms with van der Waals surface area (Å²) < 4.78 is 0. The van der Waals surface area contributed by atoms with E-state index >= 15 is 0 Å². The molecule has 24 heavy (non-hydrogen) atoms. The predicted octanol–water partition coefficient (Wildman–Crippen LogP) is 2.43. The van der Waals surface area contributed by atoms with Gasteiger partial charge in [0, 0.05) is 6.42 Å². The van der Waals surface area contributed by atoms with E-state index in [-0.39, 0.29) is 30.3 Å². The Balaban J connectivity index is 0.00000288. The van der Waals surface area contributed by atoms with Crippen LogP contribution in [0.4, 0.5) is 0 Å². The number of aliphatic carboxylic acids is 1. The highest BCUT2D eigenvalue weighted by atomic mass is 16.4. The molecule has 2 aromatic carbocycles. The number of amides is 1. The summed E-state index contributed by atoms with van der Waals surface area (Å²) >= 11 is 0. The molecule has 130 valence electrons. The fraction of sp³-hybridized carbons (Fsp3) is 0.368. The predicted molar refractivity (Wildman–Crippen MR) is 94.6 cm³/mol. The lowest BCUT2D eigenvalue weighted by Crippen LogP contribution is -2.49. The summed E-state index contributed by atoms with van der Waals surface area (Å²) in [5.74, 6) is -1.54. The Hall–Kier alpha value is -2.40. The maximum atomic E-state index is 12.0. The van der Waals surface area contributed by atoms with Crippen molar-refractivity contribution in [1.29, 1.82) is 0 Å². The summed E-state index contributed by atoms with van der Waals surface area (Å²) in [5.41, 5.74) is 0.688. The van der Waals surface area contributed by atoms with Crippen LogP contribution in [0.3, 0.4) is 0 Å². The van der Waals surface area contributed by atoms with Crippen molar-refractivity contribution in [2.45, 2.75) is 39.7 Å². The first-order valence-electron chi connectivity index (χ1n) is 7.73. The first-order valence-corrected chi connectivity index (χ1v) is 7.73. The van der Waals surface area contributed by atoms with Gasteiger partial charge in [-0.25, -0.2) is 0 Å². The van der Waals surface area contributed by atoms with Crippen LogP contribution < -0.4 is 16.6 Å². The number of benzene rings is 2. The van der Waals surface area contributed by atoms with Gasteiger partial charge >= 0.3 is 0 Å². The van der Waals surface area contributed by atoms with Crippen molar-refractivity contribution in [3.8, 4) is 0 Å². The van der Waals surface area contributed by atoms with Gasteiger partial charge in [0.1, 0.15) is 0 Å². The molecular formula is C19H26N2O3. The second kappa shape index (κ2) is 7.93. The van der Waals surface area contributed by atoms with E-state index in [2.05, 4.69) is 5.32 Å². The van der Waals surface area contributed by atoms with Crippen molar-refractivity contribution in [1.82, 2.24) is 11.5 Å². The third-order valence-corrected chi connectivity index (χ3v) is 3.61. The molecule has 5 nitrogen and oxygen atoms in total. The minimum Gasteiger partial charge on any atom is -0.548 e. The van der Waals surface area contributed by atoms with Crippen LogP contribution in [-0.2, 0) is 16.0 Å². The van der Waals surface area contributed by atoms with Crippen molar-refractivity contribution < 1.29 is 14.7 Å². The number of carboxylic acids is 1. The fourth-order valence-corrected chi connectivity index (χ4v) is 2.61. The average molecular weight is 330 g/mol. The van der Waals surface area contributed by atoms with Crippen molar-refractivity contribution in [2.24, 2.45) is 5.41 Å². The SMILES string of the molecule is CC(C)(C)CC(=O)NC(Cc1cccc2ccccc12)C(=O)[O-].[NH4+]. The van der Waals surface area contributed by atoms with Crippen LogP contribution in [0, 0.1) is 5.41 Å². The molecule has 5 N–H and O–H groups in total. The number of quaternary nitrogens is 1. The topological polar surface area (TPSA) is 106 Å². The molecule has 0 aliphatic rings. The number of carboxylic acid groups (broad SMARTS) is 1. The summed E-state index contributed by atoms with van der Waals surface area (Å²) in [6, 6.07) is 12.5. The number of carbonyl (C=O) groups excluding carboxylic acids is 2. The summed E-state index contributed by atoms with van der Waals surface area (Å²) in [6.45, 7) is 5.81. The normalized spacial score (nSPS) is 12.3. The van der Waals surface area contributed by atoms with Crippen molar-refractivity contribution >= 4 is 22.6 Å². The molecule has 0 bridgehead atoms. The number of nitrogens with one attached hydrogen (secondary N) is 1. The van der Waals surface area contributed by atoms with Crippen LogP contribution in [0.2, 0.25) is 0 Å². The summed E-state index contributed by atoms with van der Waals surface area (Å²) in [7, 11) is 0. The zero-order valence-corrected chi connectivity index (χ0v) is 14.8. The standard InChI is InChI=1S/C19H23NO3.H3N/c1-19(2,3)12-17(21)20-16(18(22)23)11-14-9-6-8-13-7-4-5-10-15(13)14;/h4-10,16H,11-12H2,1-3H3,(H,20,21)(H,22,23);1H3. The number of hydrogen-bond donors (Lipinski definition) is 2. The van der Waals surface area contributed by atoms with Gasteiger partial charge in [-0.1, -0.05) is 63.2 Å². The molecule has 5 heteroatoms. The van der Waals surface area contributed by atoms with E-state index in [4.69, 9.17) is 0 Å². The second-order valence-corrected chi connectivity index (χ2v) is 7.02. The molecule has 0 fully saturated rings. The molecule has 0 aromatic heterocycles. The van der Waals surface area contributed by atoms with Gasteiger partial charge in [-0.3, -0.25) is 4.79 Å². The average Bonchev–Trinajstić information content (AvgIpc) is 2.44. The molecule has 2 aromatic rings. The first kappa shape index (κ1) is 19.6. The highest BCUT2D eigenvalue weighted by Crippen LogP contribution is 2.21. The Morgan fingerprint density at radius 2 is 1.71 bits per heavy atom. The maximum Gasteiger partial charge on any atom is 0.221 e. The lowest BCUT2D eigenvalue weighted by molar-refractivity contribution is -0.308. The molecule has 0 saturated heterocycles. The molecule has 1 unspecified atom stereocenters. The Morgan fingerprint density at radius 1 is 1.08 bits per heavy atom. The van der Waals surface area contributed by atoms with E-state index in [0.717, 1.165) is 16.3 Å². The highest BCUT2D eigenvalue weighted by molar-refractivity contribution is 5.87. The summed E-state index contributed by atoms with van der Waals surface area (Å²) in [4.78, 5) is 23.4. The molecule has 0 aliphatic carbocycles. The molecule has 1 atom stereocenters. The van der Waals surface area contributed by atoms with E-state index in [1.54, 1.807) is 0 Å². The number of hydrogen-bond acceptors (Lipinski definition) is 3. The van der Waals surface area contributed by atoms with Crippen LogP contribution in [0.5, 0.6) is 0 Å². The molecule has 2 rings (SSSR count). The minimum absolute atomic E-state index is 0. The van der Waals surface area contributed by atoms with E-state index < -0.39 is 12.0 Å². The van der Waals surface area contributed by atoms with E-state index in [0.29, 0.717) is 0 Å². The molecule has 0 saturated carbocycles. The van der Waals surface area contributed by atoms with E-state index in [1.807, 2.05) is 63.2 Å². The largest absolute Gasteiger partial charge is 0.548 e. The van der Waals surface area contributed by atoms with Gasteiger partial charge in [0.25, 0.3) is 0 Å². The minimum atomic E-state index is -1.26. The Morgan fingerprint density at radius 3 is 2.33 bits per heavy atom. The van der Waals surface area contributed by atoms with Gasteiger partial charge in [0.2, 0.25) is 5.91 Å². The second-order valence-electron chi connectivity index (χ2n) is 7.02. The molecule has 0 spiro atoms. The fourth-order valence-electron chi connectivity index (χ4n) is 2.61. The lowest BCUT2D eigenvalue weighted by atomic mass is 9.91. The number of fused-ring (bicyclic) bond motifs is 1. The Labute approximate surface area is 142 Å². The van der Waals surface area contributed by atoms with E-state index in [9.17, 15) is 14.7 Å². The van der Waals surface area contributed by atoms with Crippen LogP contribution in [-0.4, -0.2) is 17.9 Å². The van der Waals surface area contributed by atoms with Crippen molar-refractivity contribution in [3.63, 3.8) is 0 Å². The van der Waals surface area contributed by atoms with Gasteiger partial charge in [-0.05, 0) is 28.2 Å². The van der Waals surface area contributed by atoms with Crippen LogP contribution in [0.15, 0.2) is 42.5 Å². The van der Waals surface area contributed by atoms with Gasteiger partial charge in [0.15, 0.2) is 0 Å². The molecule has 0 heterocycles. The summed E-state index contributed by atoms with van der Waals surface area (Å²) in [5, 5.41) is 16.0. The third-order valence-electron chi connectivity index (χ3n) is 3.61. The number of carbonyl (C=O) groups is 2. The van der Waals surface area contributed by atoms with Crippen LogP contribution in [0.1, 0.15) is 32.8 Å². The third kappa shape index (κ3) is 5.35.